The van der Waals surface area contributed by atoms with Crippen LogP contribution in [0.1, 0.15) is 57.6 Å². The molecule has 0 radical (unpaired) electrons. The normalized spacial score (nSPS) is 19.1. The van der Waals surface area contributed by atoms with Gasteiger partial charge in [0.25, 0.3) is 0 Å². The molecule has 122 valence electrons. The summed E-state index contributed by atoms with van der Waals surface area (Å²) in [4.78, 5) is 12.3. The Morgan fingerprint density at radius 1 is 1.36 bits per heavy atom. The number of carbonyl (C=O) groups is 1. The lowest BCUT2D eigenvalue weighted by Crippen LogP contribution is -2.43. The molecule has 2 N–H and O–H groups in total. The Bertz CT molecular complexity index is 522. The Morgan fingerprint density at radius 2 is 2.05 bits per heavy atom. The Labute approximate surface area is 134 Å². The number of aliphatic hydroxyl groups excluding tert-OH is 1. The van der Waals surface area contributed by atoms with E-state index in [4.69, 9.17) is 0 Å². The van der Waals surface area contributed by atoms with Gasteiger partial charge in [-0.25, -0.2) is 0 Å². The minimum Gasteiger partial charge on any atom is -0.392 e. The molecule has 1 aliphatic carbocycles. The number of nitrogens with one attached hydrogen (secondary N) is 1. The smallest absolute Gasteiger partial charge is 0.220 e. The maximum atomic E-state index is 12.3. The first-order chi connectivity index (χ1) is 10.3. The van der Waals surface area contributed by atoms with E-state index in [1.165, 1.54) is 11.1 Å². The van der Waals surface area contributed by atoms with Crippen LogP contribution >= 0.6 is 0 Å². The van der Waals surface area contributed by atoms with Crippen molar-refractivity contribution in [1.82, 2.24) is 5.32 Å². The fourth-order valence-corrected chi connectivity index (χ4v) is 3.49. The summed E-state index contributed by atoms with van der Waals surface area (Å²) in [5.74, 6) is 0.619. The van der Waals surface area contributed by atoms with E-state index in [9.17, 15) is 9.90 Å². The highest BCUT2D eigenvalue weighted by Gasteiger charge is 2.31. The topological polar surface area (TPSA) is 49.3 Å². The summed E-state index contributed by atoms with van der Waals surface area (Å²) in [5.41, 5.74) is 2.41. The van der Waals surface area contributed by atoms with Gasteiger partial charge < -0.3 is 10.4 Å². The van der Waals surface area contributed by atoms with Gasteiger partial charge in [0.05, 0.1) is 6.10 Å². The van der Waals surface area contributed by atoms with E-state index in [1.54, 1.807) is 0 Å². The van der Waals surface area contributed by atoms with Crippen LogP contribution in [0.5, 0.6) is 0 Å². The summed E-state index contributed by atoms with van der Waals surface area (Å²) in [7, 11) is 0. The zero-order valence-corrected chi connectivity index (χ0v) is 14.2. The van der Waals surface area contributed by atoms with Crippen molar-refractivity contribution >= 4 is 5.91 Å². The van der Waals surface area contributed by atoms with Crippen LogP contribution in [-0.4, -0.2) is 23.7 Å². The average Bonchev–Trinajstić information content (AvgIpc) is 2.88. The lowest BCUT2D eigenvalue weighted by Gasteiger charge is -2.33. The summed E-state index contributed by atoms with van der Waals surface area (Å²) in [6.45, 7) is 8.53. The van der Waals surface area contributed by atoms with Crippen molar-refractivity contribution in [3.8, 4) is 0 Å². The molecule has 0 saturated heterocycles. The lowest BCUT2D eigenvalue weighted by atomic mass is 9.80. The molecule has 0 heterocycles. The molecule has 3 nitrogen and oxygen atoms in total. The van der Waals surface area contributed by atoms with Crippen LogP contribution in [0.4, 0.5) is 0 Å². The summed E-state index contributed by atoms with van der Waals surface area (Å²) < 4.78 is 0. The standard InChI is InChI=1S/C19H29NO2/c1-13(2)18(22)19(3,4)12-20-17(21)11-15-10-9-14-7-5-6-8-16(14)15/h5-8,13,15,18,22H,9-12H2,1-4H3,(H,20,21). The third kappa shape index (κ3) is 3.89. The number of carbonyl (C=O) groups excluding carboxylic acids is 1. The molecule has 0 bridgehead atoms. The number of benzene rings is 1. The number of aryl methyl sites for hydroxylation is 1. The van der Waals surface area contributed by atoms with Gasteiger partial charge in [-0.3, -0.25) is 4.79 Å². The van der Waals surface area contributed by atoms with Gasteiger partial charge in [-0.1, -0.05) is 52.0 Å². The highest BCUT2D eigenvalue weighted by Crippen LogP contribution is 2.35. The number of hydrogen-bond acceptors (Lipinski definition) is 2. The second-order valence-corrected chi connectivity index (χ2v) is 7.59. The Balaban J connectivity index is 1.87. The fraction of sp³-hybridized carbons (Fsp3) is 0.632. The Hall–Kier alpha value is -1.35. The highest BCUT2D eigenvalue weighted by molar-refractivity contribution is 5.77. The van der Waals surface area contributed by atoms with Crippen LogP contribution in [0.3, 0.4) is 0 Å². The number of amides is 1. The SMILES string of the molecule is CC(C)C(O)C(C)(C)CNC(=O)CC1CCc2ccccc21. The van der Waals surface area contributed by atoms with Crippen molar-refractivity contribution < 1.29 is 9.90 Å². The van der Waals surface area contributed by atoms with Gasteiger partial charge in [0, 0.05) is 18.4 Å². The van der Waals surface area contributed by atoms with E-state index in [2.05, 4.69) is 29.6 Å². The number of rotatable bonds is 6. The van der Waals surface area contributed by atoms with Crippen molar-refractivity contribution in [1.29, 1.82) is 0 Å². The van der Waals surface area contributed by atoms with E-state index in [1.807, 2.05) is 27.7 Å². The van der Waals surface area contributed by atoms with Crippen LogP contribution in [0, 0.1) is 11.3 Å². The van der Waals surface area contributed by atoms with Gasteiger partial charge >= 0.3 is 0 Å². The van der Waals surface area contributed by atoms with E-state index < -0.39 is 6.10 Å². The van der Waals surface area contributed by atoms with Crippen LogP contribution in [0.15, 0.2) is 24.3 Å². The molecule has 2 unspecified atom stereocenters. The number of fused-ring (bicyclic) bond motifs is 1. The zero-order chi connectivity index (χ0) is 16.3. The highest BCUT2D eigenvalue weighted by atomic mass is 16.3. The molecule has 1 aromatic carbocycles. The molecule has 0 saturated carbocycles. The van der Waals surface area contributed by atoms with Gasteiger partial charge in [-0.05, 0) is 35.8 Å². The minimum absolute atomic E-state index is 0.0886. The average molecular weight is 303 g/mol. The maximum absolute atomic E-state index is 12.3. The van der Waals surface area contributed by atoms with Gasteiger partial charge in [0.15, 0.2) is 0 Å². The van der Waals surface area contributed by atoms with Gasteiger partial charge in [-0.15, -0.1) is 0 Å². The van der Waals surface area contributed by atoms with Crippen molar-refractivity contribution in [3.05, 3.63) is 35.4 Å². The Kier molecular flexibility index (Phi) is 5.28. The van der Waals surface area contributed by atoms with Gasteiger partial charge in [0.2, 0.25) is 5.91 Å². The van der Waals surface area contributed by atoms with Crippen molar-refractivity contribution in [2.24, 2.45) is 11.3 Å². The summed E-state index contributed by atoms with van der Waals surface area (Å²) in [5, 5.41) is 13.2. The van der Waals surface area contributed by atoms with Crippen LogP contribution < -0.4 is 5.32 Å². The molecule has 1 aromatic rings. The zero-order valence-electron chi connectivity index (χ0n) is 14.2. The second kappa shape index (κ2) is 6.82. The molecule has 0 aromatic heterocycles. The van der Waals surface area contributed by atoms with E-state index in [0.29, 0.717) is 18.9 Å². The predicted octanol–water partition coefficient (Wildman–Crippen LogP) is 3.27. The summed E-state index contributed by atoms with van der Waals surface area (Å²) in [6.07, 6.45) is 2.27. The molecule has 2 rings (SSSR count). The number of aliphatic hydroxyl groups is 1. The lowest BCUT2D eigenvalue weighted by molar-refractivity contribution is -0.122. The third-order valence-electron chi connectivity index (χ3n) is 4.86. The van der Waals surface area contributed by atoms with E-state index in [-0.39, 0.29) is 17.2 Å². The molecule has 0 fully saturated rings. The summed E-state index contributed by atoms with van der Waals surface area (Å²) >= 11 is 0. The van der Waals surface area contributed by atoms with Gasteiger partial charge in [0.1, 0.15) is 0 Å². The molecule has 1 amide bonds. The summed E-state index contributed by atoms with van der Waals surface area (Å²) in [6, 6.07) is 8.43. The van der Waals surface area contributed by atoms with Crippen LogP contribution in [0.25, 0.3) is 0 Å². The largest absolute Gasteiger partial charge is 0.392 e. The van der Waals surface area contributed by atoms with Crippen molar-refractivity contribution in [3.63, 3.8) is 0 Å². The third-order valence-corrected chi connectivity index (χ3v) is 4.86. The molecular weight excluding hydrogens is 274 g/mol. The first kappa shape index (κ1) is 17.0. The minimum atomic E-state index is -0.417. The van der Waals surface area contributed by atoms with Crippen molar-refractivity contribution in [2.45, 2.75) is 59.0 Å². The predicted molar refractivity (Wildman–Crippen MR) is 89.8 cm³/mol. The first-order valence-corrected chi connectivity index (χ1v) is 8.34. The maximum Gasteiger partial charge on any atom is 0.220 e. The molecule has 22 heavy (non-hydrogen) atoms. The molecule has 0 aliphatic heterocycles. The molecule has 1 aliphatic rings. The van der Waals surface area contributed by atoms with Gasteiger partial charge in [-0.2, -0.15) is 0 Å². The monoisotopic (exact) mass is 303 g/mol. The fourth-order valence-electron chi connectivity index (χ4n) is 3.49. The molecule has 2 atom stereocenters. The van der Waals surface area contributed by atoms with Crippen LogP contribution in [-0.2, 0) is 11.2 Å². The van der Waals surface area contributed by atoms with Crippen LogP contribution in [0.2, 0.25) is 0 Å². The van der Waals surface area contributed by atoms with E-state index in [0.717, 1.165) is 12.8 Å². The van der Waals surface area contributed by atoms with E-state index >= 15 is 0 Å². The Morgan fingerprint density at radius 3 is 2.73 bits per heavy atom. The molecular formula is C19H29NO2. The molecule has 3 heteroatoms. The quantitative estimate of drug-likeness (QED) is 0.847. The van der Waals surface area contributed by atoms with Crippen molar-refractivity contribution in [2.75, 3.05) is 6.54 Å². The molecule has 0 spiro atoms. The number of hydrogen-bond donors (Lipinski definition) is 2. The second-order valence-electron chi connectivity index (χ2n) is 7.59. The first-order valence-electron chi connectivity index (χ1n) is 8.34.